The first-order valence-corrected chi connectivity index (χ1v) is 38.0. The van der Waals surface area contributed by atoms with Crippen LogP contribution in [0.4, 0.5) is 0 Å². The fraction of sp³-hybridized carbons (Fsp3) is 0.696. The summed E-state index contributed by atoms with van der Waals surface area (Å²) in [7, 11) is 1.47. The summed E-state index contributed by atoms with van der Waals surface area (Å²) in [5.41, 5.74) is 0. The molecule has 0 aromatic heterocycles. The van der Waals surface area contributed by atoms with E-state index in [1.165, 1.54) is 135 Å². The van der Waals surface area contributed by atoms with E-state index in [0.29, 0.717) is 17.4 Å². The van der Waals surface area contributed by atoms with Gasteiger partial charge >= 0.3 is 13.8 Å². The fourth-order valence-electron chi connectivity index (χ4n) is 10.1. The second-order valence-electron chi connectivity index (χ2n) is 25.3. The minimum absolute atomic E-state index is 0.0311. The van der Waals surface area contributed by atoms with Crippen molar-refractivity contribution in [3.05, 3.63) is 134 Å². The molecule has 0 heterocycles. The third kappa shape index (κ3) is 68.4. The molecule has 0 aliphatic heterocycles. The van der Waals surface area contributed by atoms with Crippen molar-refractivity contribution in [3.63, 3.8) is 0 Å². The first kappa shape index (κ1) is 85.2. The van der Waals surface area contributed by atoms with E-state index in [-0.39, 0.29) is 31.5 Å². The minimum atomic E-state index is -4.47. The number of phosphoric ester groups is 1. The number of phosphoric acid groups is 1. The number of ether oxygens (including phenoxy) is 1. The van der Waals surface area contributed by atoms with E-state index in [1.807, 2.05) is 33.3 Å². The van der Waals surface area contributed by atoms with Gasteiger partial charge in [-0.3, -0.25) is 18.6 Å². The first-order valence-electron chi connectivity index (χ1n) is 36.5. The van der Waals surface area contributed by atoms with E-state index in [4.69, 9.17) is 13.8 Å². The standard InChI is InChI=1S/C79H137N2O7P/c1-7-10-13-16-19-22-25-28-30-32-34-36-38-39-40-41-43-45-47-49-51-54-57-60-63-66-69-72-79(83)88-77(70-67-64-61-58-55-52-27-24-21-18-15-12-9-3)76(75-87-89(84,85)86-74-73-81(4,5)6)80-78(82)71-68-65-62-59-56-53-50-48-46-44-42-37-35-33-31-29-26-23-20-17-14-11-8-2/h10-11,13-14,19-20,22-23,28-31,34-37,39-40,44,46,67,70,76-77H,7-9,12,15-18,21,24-27,32-33,38,41-43,45,47-66,68-69,71-75H2,1-6H3,(H-,80,82,84,85)/p+1/b13-10-,14-11-,22-19-,23-20-,30-28-,31-29-,36-34-,37-35-,40-39-,46-44-,70-67+. The highest BCUT2D eigenvalue weighted by Crippen LogP contribution is 2.43. The molecule has 0 spiro atoms. The fourth-order valence-corrected chi connectivity index (χ4v) is 10.8. The van der Waals surface area contributed by atoms with Crippen molar-refractivity contribution < 1.29 is 37.3 Å². The van der Waals surface area contributed by atoms with Crippen LogP contribution in [0, 0.1) is 0 Å². The third-order valence-electron chi connectivity index (χ3n) is 15.6. The van der Waals surface area contributed by atoms with Crippen LogP contribution in [0.15, 0.2) is 134 Å². The lowest BCUT2D eigenvalue weighted by Gasteiger charge is -2.27. The van der Waals surface area contributed by atoms with Crippen LogP contribution in [0.1, 0.15) is 303 Å². The van der Waals surface area contributed by atoms with Gasteiger partial charge in [-0.2, -0.15) is 0 Å². The van der Waals surface area contributed by atoms with E-state index in [0.717, 1.165) is 135 Å². The van der Waals surface area contributed by atoms with Gasteiger partial charge in [-0.15, -0.1) is 0 Å². The zero-order valence-corrected chi connectivity index (χ0v) is 59.3. The zero-order chi connectivity index (χ0) is 64.9. The number of nitrogens with one attached hydrogen (secondary N) is 1. The highest BCUT2D eigenvalue weighted by atomic mass is 31.2. The molecule has 0 saturated carbocycles. The van der Waals surface area contributed by atoms with Crippen molar-refractivity contribution in [2.75, 3.05) is 40.9 Å². The molecule has 1 amide bonds. The SMILES string of the molecule is CC/C=C\C/C=C\C/C=C\C/C=C\C/C=C\CCCCCCCCCCCCCC(=O)OC(/C=C/CCCCCCCCCCCCC)C(COP(=O)(O)OCC[N+](C)(C)C)NC(=O)CCCCCCCCC/C=C\C/C=C\C/C=C\C/C=C\C/C=C\CC. The molecule has 0 radical (unpaired) electrons. The second kappa shape index (κ2) is 67.1. The number of amides is 1. The van der Waals surface area contributed by atoms with Gasteiger partial charge in [0.25, 0.3) is 0 Å². The quantitative estimate of drug-likeness (QED) is 0.0205. The topological polar surface area (TPSA) is 111 Å². The molecule has 3 unspecified atom stereocenters. The maximum absolute atomic E-state index is 13.6. The minimum Gasteiger partial charge on any atom is -0.456 e. The number of carbonyl (C=O) groups is 2. The van der Waals surface area contributed by atoms with Gasteiger partial charge in [-0.05, 0) is 122 Å². The summed E-state index contributed by atoms with van der Waals surface area (Å²) in [6.45, 7) is 6.79. The van der Waals surface area contributed by atoms with Crippen LogP contribution in [-0.4, -0.2) is 74.3 Å². The van der Waals surface area contributed by atoms with Gasteiger partial charge in [0.2, 0.25) is 5.91 Å². The van der Waals surface area contributed by atoms with E-state index in [2.05, 4.69) is 148 Å². The highest BCUT2D eigenvalue weighted by Gasteiger charge is 2.30. The summed E-state index contributed by atoms with van der Waals surface area (Å²) in [5, 5.41) is 3.07. The molecule has 9 nitrogen and oxygen atoms in total. The van der Waals surface area contributed by atoms with Gasteiger partial charge in [0, 0.05) is 12.8 Å². The first-order chi connectivity index (χ1) is 43.4. The summed E-state index contributed by atoms with van der Waals surface area (Å²) >= 11 is 0. The Bertz CT molecular complexity index is 1990. The largest absolute Gasteiger partial charge is 0.472 e. The summed E-state index contributed by atoms with van der Waals surface area (Å²) in [4.78, 5) is 38.0. The van der Waals surface area contributed by atoms with Crippen molar-refractivity contribution in [2.45, 2.75) is 315 Å². The van der Waals surface area contributed by atoms with E-state index >= 15 is 0 Å². The van der Waals surface area contributed by atoms with Crippen LogP contribution in [0.5, 0.6) is 0 Å². The van der Waals surface area contributed by atoms with Crippen LogP contribution in [0.2, 0.25) is 0 Å². The molecule has 89 heavy (non-hydrogen) atoms. The zero-order valence-electron chi connectivity index (χ0n) is 58.4. The van der Waals surface area contributed by atoms with Gasteiger partial charge in [0.1, 0.15) is 19.3 Å². The highest BCUT2D eigenvalue weighted by molar-refractivity contribution is 7.47. The average molecular weight is 1260 g/mol. The van der Waals surface area contributed by atoms with E-state index < -0.39 is 20.0 Å². The number of esters is 1. The predicted molar refractivity (Wildman–Crippen MR) is 387 cm³/mol. The molecule has 0 aromatic carbocycles. The maximum Gasteiger partial charge on any atom is 0.472 e. The molecule has 0 aliphatic carbocycles. The van der Waals surface area contributed by atoms with Gasteiger partial charge in [-0.25, -0.2) is 4.57 Å². The molecule has 0 aliphatic rings. The Morgan fingerprint density at radius 3 is 1.08 bits per heavy atom. The number of rotatable bonds is 65. The lowest BCUT2D eigenvalue weighted by molar-refractivity contribution is -0.870. The van der Waals surface area contributed by atoms with Gasteiger partial charge < -0.3 is 19.4 Å². The Morgan fingerprint density at radius 2 is 0.719 bits per heavy atom. The number of unbranched alkanes of at least 4 members (excludes halogenated alkanes) is 29. The normalized spacial score (nSPS) is 14.3. The molecule has 0 aromatic rings. The Kier molecular flexibility index (Phi) is 64.2. The molecule has 0 bridgehead atoms. The Morgan fingerprint density at radius 1 is 0.404 bits per heavy atom. The summed E-state index contributed by atoms with van der Waals surface area (Å²) in [5.74, 6) is -0.523. The predicted octanol–water partition coefficient (Wildman–Crippen LogP) is 23.6. The Balaban J connectivity index is 5.11. The van der Waals surface area contributed by atoms with Gasteiger partial charge in [-0.1, -0.05) is 302 Å². The summed E-state index contributed by atoms with van der Waals surface area (Å²) in [6, 6.07) is -0.866. The summed E-state index contributed by atoms with van der Waals surface area (Å²) in [6.07, 6.45) is 96.0. The number of hydrogen-bond acceptors (Lipinski definition) is 6. The number of hydrogen-bond donors (Lipinski definition) is 2. The average Bonchev–Trinajstić information content (AvgIpc) is 3.63. The molecule has 3 atom stereocenters. The van der Waals surface area contributed by atoms with Crippen LogP contribution in [-0.2, 0) is 27.9 Å². The number of likely N-dealkylation sites (N-methyl/N-ethyl adjacent to an activating group) is 1. The van der Waals surface area contributed by atoms with Crippen LogP contribution >= 0.6 is 7.82 Å². The molecule has 0 saturated heterocycles. The van der Waals surface area contributed by atoms with Crippen molar-refractivity contribution in [1.82, 2.24) is 5.32 Å². The van der Waals surface area contributed by atoms with E-state index in [1.54, 1.807) is 0 Å². The molecule has 0 fully saturated rings. The molecule has 10 heteroatoms. The van der Waals surface area contributed by atoms with Crippen molar-refractivity contribution in [3.8, 4) is 0 Å². The third-order valence-corrected chi connectivity index (χ3v) is 16.6. The lowest BCUT2D eigenvalue weighted by Crippen LogP contribution is -2.47. The second-order valence-corrected chi connectivity index (χ2v) is 26.8. The van der Waals surface area contributed by atoms with Crippen LogP contribution < -0.4 is 5.32 Å². The maximum atomic E-state index is 13.6. The van der Waals surface area contributed by atoms with Crippen LogP contribution in [0.3, 0.4) is 0 Å². The van der Waals surface area contributed by atoms with Crippen molar-refractivity contribution in [1.29, 1.82) is 0 Å². The molecule has 0 rings (SSSR count). The smallest absolute Gasteiger partial charge is 0.456 e. The molecule has 510 valence electrons. The number of carbonyl (C=O) groups excluding carboxylic acids is 2. The molecular formula is C79H138N2O7P+. The Labute approximate surface area is 549 Å². The van der Waals surface area contributed by atoms with Crippen molar-refractivity contribution >= 4 is 19.7 Å². The molecule has 2 N–H and O–H groups in total. The number of allylic oxidation sites excluding steroid dienone is 21. The van der Waals surface area contributed by atoms with Gasteiger partial charge in [0.05, 0.1) is 33.8 Å². The number of quaternary nitrogens is 1. The summed E-state index contributed by atoms with van der Waals surface area (Å²) < 4.78 is 30.9. The number of nitrogens with zero attached hydrogens (tertiary/aromatic N) is 1. The van der Waals surface area contributed by atoms with Crippen LogP contribution in [0.25, 0.3) is 0 Å². The van der Waals surface area contributed by atoms with Gasteiger partial charge in [0.15, 0.2) is 0 Å². The van der Waals surface area contributed by atoms with Crippen molar-refractivity contribution in [2.24, 2.45) is 0 Å². The lowest BCUT2D eigenvalue weighted by atomic mass is 10.0. The Hall–Kier alpha value is -3.85. The monoisotopic (exact) mass is 1260 g/mol. The van der Waals surface area contributed by atoms with E-state index in [9.17, 15) is 19.0 Å². The molecular weight excluding hydrogens is 1120 g/mol.